The lowest BCUT2D eigenvalue weighted by Crippen LogP contribution is -2.48. The molecule has 1 aliphatic heterocycles. The summed E-state index contributed by atoms with van der Waals surface area (Å²) in [6.45, 7) is 5.83. The van der Waals surface area contributed by atoms with Gasteiger partial charge in [-0.05, 0) is 18.9 Å². The summed E-state index contributed by atoms with van der Waals surface area (Å²) in [5.74, 6) is -0.704. The zero-order chi connectivity index (χ0) is 14.5. The number of aliphatic carboxylic acids is 1. The van der Waals surface area contributed by atoms with E-state index in [2.05, 4.69) is 10.6 Å². The molecule has 2 atom stereocenters. The molecule has 1 rings (SSSR count). The summed E-state index contributed by atoms with van der Waals surface area (Å²) in [7, 11) is 1.45. The first kappa shape index (κ1) is 15.9. The summed E-state index contributed by atoms with van der Waals surface area (Å²) >= 11 is 0. The van der Waals surface area contributed by atoms with Gasteiger partial charge in [-0.15, -0.1) is 0 Å². The molecule has 110 valence electrons. The Kier molecular flexibility index (Phi) is 5.75. The number of amides is 1. The highest BCUT2D eigenvalue weighted by atomic mass is 16.5. The molecule has 0 aromatic heterocycles. The third-order valence-electron chi connectivity index (χ3n) is 3.97. The van der Waals surface area contributed by atoms with Gasteiger partial charge in [-0.2, -0.15) is 0 Å². The smallest absolute Gasteiger partial charge is 0.306 e. The van der Waals surface area contributed by atoms with Crippen LogP contribution in [0.15, 0.2) is 0 Å². The van der Waals surface area contributed by atoms with Gasteiger partial charge in [-0.3, -0.25) is 9.59 Å². The number of hydrogen-bond donors (Lipinski definition) is 3. The van der Waals surface area contributed by atoms with Crippen LogP contribution in [0.1, 0.15) is 26.7 Å². The Labute approximate surface area is 113 Å². The van der Waals surface area contributed by atoms with Crippen molar-refractivity contribution in [2.24, 2.45) is 11.3 Å². The molecule has 1 saturated heterocycles. The first-order valence-corrected chi connectivity index (χ1v) is 6.66. The van der Waals surface area contributed by atoms with Crippen molar-refractivity contribution >= 4 is 11.9 Å². The summed E-state index contributed by atoms with van der Waals surface area (Å²) in [4.78, 5) is 23.0. The molecule has 6 heteroatoms. The van der Waals surface area contributed by atoms with Crippen LogP contribution in [0.4, 0.5) is 0 Å². The number of carbonyl (C=O) groups is 2. The van der Waals surface area contributed by atoms with E-state index in [1.165, 1.54) is 7.11 Å². The first-order chi connectivity index (χ1) is 8.92. The van der Waals surface area contributed by atoms with E-state index in [9.17, 15) is 9.59 Å². The minimum absolute atomic E-state index is 0.0139. The van der Waals surface area contributed by atoms with E-state index in [1.54, 1.807) is 0 Å². The van der Waals surface area contributed by atoms with Crippen LogP contribution < -0.4 is 10.6 Å². The van der Waals surface area contributed by atoms with E-state index >= 15 is 0 Å². The molecule has 1 heterocycles. The van der Waals surface area contributed by atoms with Gasteiger partial charge in [0.15, 0.2) is 0 Å². The molecular formula is C13H24N2O4. The van der Waals surface area contributed by atoms with E-state index in [0.29, 0.717) is 6.54 Å². The summed E-state index contributed by atoms with van der Waals surface area (Å²) in [6.07, 6.45) is 0.219. The van der Waals surface area contributed by atoms with Crippen LogP contribution in [0.2, 0.25) is 0 Å². The molecule has 0 saturated carbocycles. The molecule has 1 amide bonds. The second-order valence-corrected chi connectivity index (χ2v) is 5.40. The molecule has 19 heavy (non-hydrogen) atoms. The Bertz CT molecular complexity index is 325. The third kappa shape index (κ3) is 3.91. The lowest BCUT2D eigenvalue weighted by Gasteiger charge is -2.31. The van der Waals surface area contributed by atoms with E-state index in [0.717, 1.165) is 13.0 Å². The van der Waals surface area contributed by atoms with Crippen molar-refractivity contribution in [2.75, 3.05) is 26.7 Å². The van der Waals surface area contributed by atoms with Gasteiger partial charge < -0.3 is 20.5 Å². The minimum atomic E-state index is -0.929. The van der Waals surface area contributed by atoms with Crippen molar-refractivity contribution < 1.29 is 19.4 Å². The highest BCUT2D eigenvalue weighted by Crippen LogP contribution is 2.34. The molecule has 6 nitrogen and oxygen atoms in total. The van der Waals surface area contributed by atoms with Gasteiger partial charge in [0.25, 0.3) is 0 Å². The lowest BCUT2D eigenvalue weighted by atomic mass is 9.75. The number of carboxylic acids is 1. The van der Waals surface area contributed by atoms with Crippen molar-refractivity contribution in [3.05, 3.63) is 0 Å². The zero-order valence-electron chi connectivity index (χ0n) is 11.9. The molecular weight excluding hydrogens is 248 g/mol. The SMILES string of the molecule is COC(CNC(=O)C1(C(C)C)CCNC1)CC(=O)O. The van der Waals surface area contributed by atoms with Gasteiger partial charge in [0.2, 0.25) is 5.91 Å². The maximum atomic E-state index is 12.4. The third-order valence-corrected chi connectivity index (χ3v) is 3.97. The van der Waals surface area contributed by atoms with Crippen molar-refractivity contribution in [3.63, 3.8) is 0 Å². The quantitative estimate of drug-likeness (QED) is 0.617. The average Bonchev–Trinajstić information content (AvgIpc) is 2.84. The summed E-state index contributed by atoms with van der Waals surface area (Å²) in [5, 5.41) is 14.8. The highest BCUT2D eigenvalue weighted by molar-refractivity contribution is 5.83. The topological polar surface area (TPSA) is 87.7 Å². The predicted molar refractivity (Wildman–Crippen MR) is 70.8 cm³/mol. The average molecular weight is 272 g/mol. The van der Waals surface area contributed by atoms with Crippen LogP contribution in [0.25, 0.3) is 0 Å². The molecule has 2 unspecified atom stereocenters. The van der Waals surface area contributed by atoms with Gasteiger partial charge in [-0.1, -0.05) is 13.8 Å². The molecule has 1 fully saturated rings. The minimum Gasteiger partial charge on any atom is -0.481 e. The van der Waals surface area contributed by atoms with Gasteiger partial charge in [0.1, 0.15) is 0 Å². The fraction of sp³-hybridized carbons (Fsp3) is 0.846. The van der Waals surface area contributed by atoms with Gasteiger partial charge in [-0.25, -0.2) is 0 Å². The number of carboxylic acid groups (broad SMARTS) is 1. The summed E-state index contributed by atoms with van der Waals surface area (Å²) in [6, 6.07) is 0. The number of carbonyl (C=O) groups excluding carboxylic acids is 1. The molecule has 0 bridgehead atoms. The van der Waals surface area contributed by atoms with Crippen LogP contribution in [-0.2, 0) is 14.3 Å². The normalized spacial score (nSPS) is 24.4. The van der Waals surface area contributed by atoms with Crippen LogP contribution in [0, 0.1) is 11.3 Å². The Balaban J connectivity index is 2.55. The van der Waals surface area contributed by atoms with E-state index < -0.39 is 12.1 Å². The molecule has 0 spiro atoms. The standard InChI is InChI=1S/C13H24N2O4/c1-9(2)13(4-5-14-8-13)12(18)15-7-10(19-3)6-11(16)17/h9-10,14H,4-8H2,1-3H3,(H,15,18)(H,16,17). The van der Waals surface area contributed by atoms with E-state index in [-0.39, 0.29) is 30.2 Å². The highest BCUT2D eigenvalue weighted by Gasteiger charge is 2.43. The Morgan fingerprint density at radius 2 is 2.16 bits per heavy atom. The first-order valence-electron chi connectivity index (χ1n) is 6.66. The molecule has 3 N–H and O–H groups in total. The van der Waals surface area contributed by atoms with Crippen molar-refractivity contribution in [1.29, 1.82) is 0 Å². The maximum Gasteiger partial charge on any atom is 0.306 e. The number of hydrogen-bond acceptors (Lipinski definition) is 4. The summed E-state index contributed by atoms with van der Waals surface area (Å²) < 4.78 is 5.06. The molecule has 0 aromatic carbocycles. The maximum absolute atomic E-state index is 12.4. The van der Waals surface area contributed by atoms with Crippen LogP contribution in [0.5, 0.6) is 0 Å². The number of rotatable bonds is 7. The van der Waals surface area contributed by atoms with E-state index in [4.69, 9.17) is 9.84 Å². The van der Waals surface area contributed by atoms with E-state index in [1.807, 2.05) is 13.8 Å². The Hall–Kier alpha value is -1.14. The van der Waals surface area contributed by atoms with Gasteiger partial charge in [0.05, 0.1) is 17.9 Å². The lowest BCUT2D eigenvalue weighted by molar-refractivity contribution is -0.140. The number of nitrogens with one attached hydrogen (secondary N) is 2. The van der Waals surface area contributed by atoms with Crippen molar-refractivity contribution in [2.45, 2.75) is 32.8 Å². The van der Waals surface area contributed by atoms with Crippen LogP contribution in [-0.4, -0.2) is 49.8 Å². The Morgan fingerprint density at radius 3 is 2.58 bits per heavy atom. The second kappa shape index (κ2) is 6.86. The zero-order valence-corrected chi connectivity index (χ0v) is 11.9. The fourth-order valence-corrected chi connectivity index (χ4v) is 2.48. The molecule has 0 aliphatic carbocycles. The largest absolute Gasteiger partial charge is 0.481 e. The fourth-order valence-electron chi connectivity index (χ4n) is 2.48. The summed E-state index contributed by atoms with van der Waals surface area (Å²) in [5.41, 5.74) is -0.387. The molecule has 0 radical (unpaired) electrons. The van der Waals surface area contributed by atoms with Gasteiger partial charge >= 0.3 is 5.97 Å². The Morgan fingerprint density at radius 1 is 1.47 bits per heavy atom. The second-order valence-electron chi connectivity index (χ2n) is 5.40. The monoisotopic (exact) mass is 272 g/mol. The molecule has 1 aliphatic rings. The van der Waals surface area contributed by atoms with Crippen molar-refractivity contribution in [1.82, 2.24) is 10.6 Å². The van der Waals surface area contributed by atoms with Crippen LogP contribution >= 0.6 is 0 Å². The predicted octanol–water partition coefficient (Wildman–Crippen LogP) is 0.228. The van der Waals surface area contributed by atoms with Crippen molar-refractivity contribution in [3.8, 4) is 0 Å². The van der Waals surface area contributed by atoms with Crippen LogP contribution in [0.3, 0.4) is 0 Å². The molecule has 0 aromatic rings. The van der Waals surface area contributed by atoms with Gasteiger partial charge in [0, 0.05) is 20.2 Å². The number of methoxy groups -OCH3 is 1. The number of ether oxygens (including phenoxy) is 1.